The van der Waals surface area contributed by atoms with Crippen molar-refractivity contribution in [2.75, 3.05) is 22.6 Å². The maximum Gasteiger partial charge on any atom is 0.433 e. The number of anilines is 2. The topological polar surface area (TPSA) is 101 Å². The van der Waals surface area contributed by atoms with Gasteiger partial charge in [0, 0.05) is 30.8 Å². The first-order valence-electron chi connectivity index (χ1n) is 9.29. The Labute approximate surface area is 176 Å². The molecule has 0 spiro atoms. The molecule has 0 N–H and O–H groups in total. The number of hydrogen-bond donors (Lipinski definition) is 0. The van der Waals surface area contributed by atoms with Crippen LogP contribution < -0.4 is 9.80 Å². The van der Waals surface area contributed by atoms with Gasteiger partial charge in [-0.15, -0.1) is 0 Å². The van der Waals surface area contributed by atoms with Gasteiger partial charge in [-0.25, -0.2) is 13.4 Å². The lowest BCUT2D eigenvalue weighted by molar-refractivity contribution is -0.141. The number of fused-ring (bicyclic) bond motifs is 1. The van der Waals surface area contributed by atoms with Gasteiger partial charge in [-0.3, -0.25) is 24.4 Å². The molecule has 0 aliphatic carbocycles. The van der Waals surface area contributed by atoms with Gasteiger partial charge in [-0.1, -0.05) is 13.8 Å². The molecule has 2 aromatic heterocycles. The Kier molecular flexibility index (Phi) is 5.78. The summed E-state index contributed by atoms with van der Waals surface area (Å²) in [4.78, 5) is 34.5. The van der Waals surface area contributed by atoms with E-state index in [2.05, 4.69) is 9.97 Å². The minimum atomic E-state index is -4.74. The number of aromatic nitrogens is 2. The van der Waals surface area contributed by atoms with Gasteiger partial charge in [0.25, 0.3) is 5.91 Å². The molecule has 12 heteroatoms. The number of halogens is 3. The monoisotopic (exact) mass is 456 g/mol. The second kappa shape index (κ2) is 7.91. The number of alkyl halides is 3. The van der Waals surface area contributed by atoms with Crippen molar-refractivity contribution >= 4 is 33.3 Å². The third-order valence-electron chi connectivity index (χ3n) is 4.90. The van der Waals surface area contributed by atoms with Gasteiger partial charge in [0.15, 0.2) is 15.7 Å². The number of carbonyl (C=O) groups is 2. The van der Waals surface area contributed by atoms with E-state index in [9.17, 15) is 31.2 Å². The number of amides is 2. The molecule has 0 radical (unpaired) electrons. The first-order chi connectivity index (χ1) is 14.4. The zero-order valence-electron chi connectivity index (χ0n) is 16.9. The lowest BCUT2D eigenvalue weighted by Gasteiger charge is -2.22. The number of rotatable bonds is 5. The Balaban J connectivity index is 2.13. The number of pyridine rings is 2. The predicted octanol–water partition coefficient (Wildman–Crippen LogP) is 2.82. The fourth-order valence-corrected chi connectivity index (χ4v) is 4.11. The molecule has 0 fully saturated rings. The highest BCUT2D eigenvalue weighted by Crippen LogP contribution is 2.36. The molecule has 0 aromatic carbocycles. The van der Waals surface area contributed by atoms with E-state index in [-0.39, 0.29) is 52.3 Å². The number of hydrogen-bond acceptors (Lipinski definition) is 6. The van der Waals surface area contributed by atoms with E-state index < -0.39 is 27.6 Å². The molecule has 0 unspecified atom stereocenters. The maximum atomic E-state index is 13.0. The Bertz CT molecular complexity index is 1170. The zero-order valence-corrected chi connectivity index (χ0v) is 17.7. The molecular weight excluding hydrogens is 437 g/mol. The van der Waals surface area contributed by atoms with Crippen molar-refractivity contribution in [3.05, 3.63) is 41.2 Å². The van der Waals surface area contributed by atoms with Crippen molar-refractivity contribution in [2.45, 2.75) is 37.9 Å². The molecule has 0 saturated heterocycles. The number of carbonyl (C=O) groups excluding carboxylic acids is 2. The largest absolute Gasteiger partial charge is 0.433 e. The molecule has 2 amide bonds. The van der Waals surface area contributed by atoms with Crippen LogP contribution >= 0.6 is 0 Å². The molecule has 0 atom stereocenters. The van der Waals surface area contributed by atoms with E-state index >= 15 is 0 Å². The van der Waals surface area contributed by atoms with Gasteiger partial charge in [-0.05, 0) is 18.2 Å². The van der Waals surface area contributed by atoms with Crippen molar-refractivity contribution in [3.8, 4) is 0 Å². The van der Waals surface area contributed by atoms with Crippen LogP contribution in [0.4, 0.5) is 24.8 Å². The summed E-state index contributed by atoms with van der Waals surface area (Å²) in [5.74, 6) is -1.54. The van der Waals surface area contributed by atoms with Crippen molar-refractivity contribution in [1.82, 2.24) is 9.97 Å². The van der Waals surface area contributed by atoms with Crippen LogP contribution in [0.5, 0.6) is 0 Å². The summed E-state index contributed by atoms with van der Waals surface area (Å²) in [7, 11) is -2.38. The lowest BCUT2D eigenvalue weighted by Crippen LogP contribution is -2.30. The summed E-state index contributed by atoms with van der Waals surface area (Å²) in [6.07, 6.45) is -3.62. The Morgan fingerprint density at radius 2 is 1.94 bits per heavy atom. The SMILES string of the molecule is CCC(=O)N(C)c1ccc(S(=O)(=O)CC)c(N2Cc3cnc(C(F)(F)F)cc3C2=O)n1. The molecule has 1 aliphatic rings. The first-order valence-corrected chi connectivity index (χ1v) is 10.9. The second-order valence-electron chi connectivity index (χ2n) is 6.82. The van der Waals surface area contributed by atoms with Crippen molar-refractivity contribution in [1.29, 1.82) is 0 Å². The normalized spacial score (nSPS) is 14.0. The molecule has 1 aliphatic heterocycles. The molecular formula is C19H19F3N4O4S. The van der Waals surface area contributed by atoms with Gasteiger partial charge >= 0.3 is 6.18 Å². The molecule has 3 rings (SSSR count). The van der Waals surface area contributed by atoms with Gasteiger partial charge in [0.1, 0.15) is 16.4 Å². The van der Waals surface area contributed by atoms with Crippen molar-refractivity contribution < 1.29 is 31.2 Å². The van der Waals surface area contributed by atoms with E-state index in [1.807, 2.05) is 0 Å². The van der Waals surface area contributed by atoms with Crippen LogP contribution in [0.25, 0.3) is 0 Å². The van der Waals surface area contributed by atoms with Crippen LogP contribution in [0.1, 0.15) is 41.9 Å². The fourth-order valence-electron chi connectivity index (χ4n) is 3.09. The summed E-state index contributed by atoms with van der Waals surface area (Å²) in [5.41, 5.74) is -1.24. The molecule has 0 bridgehead atoms. The average molecular weight is 456 g/mol. The molecule has 2 aromatic rings. The van der Waals surface area contributed by atoms with E-state index in [1.54, 1.807) is 6.92 Å². The highest BCUT2D eigenvalue weighted by Gasteiger charge is 2.38. The van der Waals surface area contributed by atoms with E-state index in [0.29, 0.717) is 6.07 Å². The van der Waals surface area contributed by atoms with Crippen molar-refractivity contribution in [2.24, 2.45) is 0 Å². The number of sulfone groups is 1. The highest BCUT2D eigenvalue weighted by atomic mass is 32.2. The minimum Gasteiger partial charge on any atom is -0.300 e. The third kappa shape index (κ3) is 4.11. The second-order valence-corrected chi connectivity index (χ2v) is 9.06. The van der Waals surface area contributed by atoms with Crippen LogP contribution in [0.3, 0.4) is 0 Å². The van der Waals surface area contributed by atoms with Gasteiger partial charge in [-0.2, -0.15) is 13.2 Å². The summed E-state index contributed by atoms with van der Waals surface area (Å²) in [6.45, 7) is 2.86. The van der Waals surface area contributed by atoms with Crippen LogP contribution in [0.2, 0.25) is 0 Å². The van der Waals surface area contributed by atoms with Gasteiger partial charge < -0.3 is 0 Å². The highest BCUT2D eigenvalue weighted by molar-refractivity contribution is 7.91. The van der Waals surface area contributed by atoms with E-state index in [1.165, 1.54) is 31.0 Å². The van der Waals surface area contributed by atoms with E-state index in [4.69, 9.17) is 0 Å². The molecule has 8 nitrogen and oxygen atoms in total. The van der Waals surface area contributed by atoms with Crippen LogP contribution in [-0.2, 0) is 27.4 Å². The molecule has 3 heterocycles. The molecule has 31 heavy (non-hydrogen) atoms. The third-order valence-corrected chi connectivity index (χ3v) is 6.65. The Morgan fingerprint density at radius 1 is 1.26 bits per heavy atom. The Morgan fingerprint density at radius 3 is 2.52 bits per heavy atom. The van der Waals surface area contributed by atoms with Gasteiger partial charge in [0.05, 0.1) is 12.3 Å². The predicted molar refractivity (Wildman–Crippen MR) is 105 cm³/mol. The van der Waals surface area contributed by atoms with Crippen LogP contribution in [-0.4, -0.2) is 43.0 Å². The zero-order chi connectivity index (χ0) is 23.1. The lowest BCUT2D eigenvalue weighted by atomic mass is 10.1. The first kappa shape index (κ1) is 22.7. The minimum absolute atomic E-state index is 0.106. The molecule has 0 saturated carbocycles. The fraction of sp³-hybridized carbons (Fsp3) is 0.368. The Hall–Kier alpha value is -3.02. The van der Waals surface area contributed by atoms with Crippen LogP contribution in [0.15, 0.2) is 29.3 Å². The van der Waals surface area contributed by atoms with Crippen LogP contribution in [0, 0.1) is 0 Å². The van der Waals surface area contributed by atoms with Gasteiger partial charge in [0.2, 0.25) is 5.91 Å². The maximum absolute atomic E-state index is 13.0. The summed E-state index contributed by atoms with van der Waals surface area (Å²) < 4.78 is 64.2. The number of nitrogens with zero attached hydrogens (tertiary/aromatic N) is 4. The average Bonchev–Trinajstić information content (AvgIpc) is 3.07. The smallest absolute Gasteiger partial charge is 0.300 e. The molecule has 166 valence electrons. The van der Waals surface area contributed by atoms with E-state index in [0.717, 1.165) is 11.1 Å². The quantitative estimate of drug-likeness (QED) is 0.686. The summed E-state index contributed by atoms with van der Waals surface area (Å²) in [5, 5.41) is 0. The standard InChI is InChI=1S/C19H19F3N4O4S/c1-4-16(27)25(3)15-7-6-13(31(29,30)5-2)17(24-15)26-10-11-9-23-14(19(20,21)22)8-12(11)18(26)28/h6-9H,4-5,10H2,1-3H3. The summed E-state index contributed by atoms with van der Waals surface area (Å²) >= 11 is 0. The van der Waals surface area contributed by atoms with Crippen molar-refractivity contribution in [3.63, 3.8) is 0 Å². The summed E-state index contributed by atoms with van der Waals surface area (Å²) in [6, 6.07) is 3.23.